The lowest BCUT2D eigenvalue weighted by Gasteiger charge is -2.07. The molecule has 2 aromatic heterocycles. The number of hydrogen-bond donors (Lipinski definition) is 1. The molecule has 160 valence electrons. The molecule has 0 aliphatic carbocycles. The first-order valence-electron chi connectivity index (χ1n) is 10.5. The van der Waals surface area contributed by atoms with E-state index in [0.717, 1.165) is 52.8 Å². The van der Waals surface area contributed by atoms with E-state index in [9.17, 15) is 14.9 Å². The van der Waals surface area contributed by atoms with Crippen LogP contribution in [0.25, 0.3) is 17.0 Å². The molecule has 0 radical (unpaired) electrons. The monoisotopic (exact) mass is 417 g/mol. The summed E-state index contributed by atoms with van der Waals surface area (Å²) in [6.07, 6.45) is 5.00. The van der Waals surface area contributed by atoms with Gasteiger partial charge in [-0.2, -0.15) is 5.26 Å². The van der Waals surface area contributed by atoms with Gasteiger partial charge in [0.25, 0.3) is 0 Å². The summed E-state index contributed by atoms with van der Waals surface area (Å²) < 4.78 is 7.33. The number of fused-ring (bicyclic) bond motifs is 1. The van der Waals surface area contributed by atoms with Crippen LogP contribution in [0.5, 0.6) is 0 Å². The number of carbonyl (C=O) groups excluding carboxylic acids is 2. The Morgan fingerprint density at radius 2 is 2.03 bits per heavy atom. The minimum atomic E-state index is -0.801. The molecule has 3 rings (SSSR count). The molecule has 1 N–H and O–H groups in total. The summed E-state index contributed by atoms with van der Waals surface area (Å²) in [5.74, 6) is -1.11. The summed E-state index contributed by atoms with van der Waals surface area (Å²) >= 11 is 0. The quantitative estimate of drug-likeness (QED) is 0.245. The van der Waals surface area contributed by atoms with Gasteiger partial charge in [-0.25, -0.2) is 4.79 Å². The second-order valence-electron chi connectivity index (χ2n) is 7.54. The van der Waals surface area contributed by atoms with Crippen LogP contribution < -0.4 is 0 Å². The van der Waals surface area contributed by atoms with Gasteiger partial charge in [0.1, 0.15) is 11.6 Å². The standard InChI is InChI=1S/C25H27N3O3/c1-5-10-28-16(3)11-19(17(28)4)12-20(13-26)25(30)31-15-23(29)22-14-27-24-18(6-2)8-7-9-21(22)24/h7-9,11-12,14,27H,5-6,10,15H2,1-4H3/b20-12+. The number of H-pyrrole nitrogens is 1. The van der Waals surface area contributed by atoms with Crippen molar-refractivity contribution in [2.45, 2.75) is 47.1 Å². The van der Waals surface area contributed by atoms with E-state index in [1.165, 1.54) is 6.08 Å². The van der Waals surface area contributed by atoms with Gasteiger partial charge >= 0.3 is 5.97 Å². The lowest BCUT2D eigenvalue weighted by molar-refractivity contribution is -0.137. The molecule has 0 amide bonds. The lowest BCUT2D eigenvalue weighted by Crippen LogP contribution is -2.15. The number of para-hydroxylation sites is 1. The number of benzene rings is 1. The average molecular weight is 418 g/mol. The molecule has 0 aliphatic rings. The number of nitriles is 1. The lowest BCUT2D eigenvalue weighted by atomic mass is 10.1. The highest BCUT2D eigenvalue weighted by molar-refractivity contribution is 6.10. The first-order valence-corrected chi connectivity index (χ1v) is 10.5. The first-order chi connectivity index (χ1) is 14.9. The molecule has 3 aromatic rings. The highest BCUT2D eigenvalue weighted by atomic mass is 16.5. The van der Waals surface area contributed by atoms with Crippen molar-refractivity contribution < 1.29 is 14.3 Å². The maximum absolute atomic E-state index is 12.7. The summed E-state index contributed by atoms with van der Waals surface area (Å²) in [5.41, 5.74) is 5.23. The molecule has 0 bridgehead atoms. The van der Waals surface area contributed by atoms with Gasteiger partial charge in [-0.15, -0.1) is 0 Å². The maximum Gasteiger partial charge on any atom is 0.349 e. The van der Waals surface area contributed by atoms with Gasteiger partial charge in [-0.3, -0.25) is 4.79 Å². The number of hydrogen-bond acceptors (Lipinski definition) is 4. The summed E-state index contributed by atoms with van der Waals surface area (Å²) in [6.45, 7) is 8.55. The van der Waals surface area contributed by atoms with E-state index in [2.05, 4.69) is 16.5 Å². The summed E-state index contributed by atoms with van der Waals surface area (Å²) in [5, 5.41) is 10.3. The van der Waals surface area contributed by atoms with Crippen molar-refractivity contribution in [3.63, 3.8) is 0 Å². The number of esters is 1. The van der Waals surface area contributed by atoms with Gasteiger partial charge in [0.15, 0.2) is 6.61 Å². The summed E-state index contributed by atoms with van der Waals surface area (Å²) in [6, 6.07) is 9.63. The number of rotatable bonds is 8. The van der Waals surface area contributed by atoms with E-state index in [1.54, 1.807) is 6.20 Å². The fourth-order valence-corrected chi connectivity index (χ4v) is 3.86. The number of ether oxygens (including phenoxy) is 1. The number of aromatic nitrogens is 2. The average Bonchev–Trinajstić information content (AvgIpc) is 3.32. The molecular formula is C25H27N3O3. The van der Waals surface area contributed by atoms with Crippen molar-refractivity contribution in [3.05, 3.63) is 64.1 Å². The molecule has 31 heavy (non-hydrogen) atoms. The van der Waals surface area contributed by atoms with Gasteiger partial charge in [0.2, 0.25) is 5.78 Å². The van der Waals surface area contributed by atoms with E-state index in [4.69, 9.17) is 4.74 Å². The minimum Gasteiger partial charge on any atom is -0.453 e. The molecule has 0 unspecified atom stereocenters. The summed E-state index contributed by atoms with van der Waals surface area (Å²) in [4.78, 5) is 28.3. The van der Waals surface area contributed by atoms with Crippen LogP contribution in [0.2, 0.25) is 0 Å². The Bertz CT molecular complexity index is 1200. The molecule has 6 heteroatoms. The maximum atomic E-state index is 12.7. The zero-order chi connectivity index (χ0) is 22.5. The predicted octanol–water partition coefficient (Wildman–Crippen LogP) is 4.89. The zero-order valence-corrected chi connectivity index (χ0v) is 18.4. The van der Waals surface area contributed by atoms with E-state index in [-0.39, 0.29) is 11.4 Å². The van der Waals surface area contributed by atoms with Crippen LogP contribution >= 0.6 is 0 Å². The minimum absolute atomic E-state index is 0.128. The molecule has 2 heterocycles. The van der Waals surface area contributed by atoms with Crippen LogP contribution in [-0.2, 0) is 22.5 Å². The van der Waals surface area contributed by atoms with Crippen molar-refractivity contribution in [1.82, 2.24) is 9.55 Å². The van der Waals surface area contributed by atoms with Gasteiger partial charge in [-0.1, -0.05) is 32.0 Å². The highest BCUT2D eigenvalue weighted by Crippen LogP contribution is 2.23. The Morgan fingerprint density at radius 1 is 1.26 bits per heavy atom. The van der Waals surface area contributed by atoms with Gasteiger partial charge in [-0.05, 0) is 50.0 Å². The molecule has 0 aliphatic heterocycles. The number of nitrogens with zero attached hydrogens (tertiary/aromatic N) is 2. The molecule has 0 saturated carbocycles. The number of aromatic amines is 1. The molecule has 0 atom stereocenters. The Morgan fingerprint density at radius 3 is 2.71 bits per heavy atom. The smallest absolute Gasteiger partial charge is 0.349 e. The van der Waals surface area contributed by atoms with Crippen LogP contribution in [0, 0.1) is 25.2 Å². The van der Waals surface area contributed by atoms with Crippen molar-refractivity contribution in [2.24, 2.45) is 0 Å². The number of carbonyl (C=O) groups is 2. The SMILES string of the molecule is CCCn1c(C)cc(/C=C(\C#N)C(=O)OCC(=O)c2c[nH]c3c(CC)cccc23)c1C. The molecule has 0 fully saturated rings. The number of nitrogens with one attached hydrogen (secondary N) is 1. The van der Waals surface area contributed by atoms with Crippen molar-refractivity contribution in [2.75, 3.05) is 6.61 Å². The molecule has 1 aromatic carbocycles. The van der Waals surface area contributed by atoms with Crippen LogP contribution in [0.3, 0.4) is 0 Å². The molecule has 6 nitrogen and oxygen atoms in total. The molecule has 0 spiro atoms. The van der Waals surface area contributed by atoms with E-state index >= 15 is 0 Å². The van der Waals surface area contributed by atoms with E-state index in [1.807, 2.05) is 51.1 Å². The largest absolute Gasteiger partial charge is 0.453 e. The van der Waals surface area contributed by atoms with Crippen molar-refractivity contribution in [3.8, 4) is 6.07 Å². The number of Topliss-reactive ketones (excluding diaryl/α,β-unsaturated/α-hetero) is 1. The predicted molar refractivity (Wildman–Crippen MR) is 121 cm³/mol. The van der Waals surface area contributed by atoms with Crippen molar-refractivity contribution in [1.29, 1.82) is 5.26 Å². The highest BCUT2D eigenvalue weighted by Gasteiger charge is 2.18. The third-order valence-electron chi connectivity index (χ3n) is 5.52. The Labute approximate surface area is 182 Å². The Kier molecular flexibility index (Phi) is 6.76. The van der Waals surface area contributed by atoms with Crippen LogP contribution in [-0.4, -0.2) is 27.9 Å². The zero-order valence-electron chi connectivity index (χ0n) is 18.4. The molecular weight excluding hydrogens is 390 g/mol. The fourth-order valence-electron chi connectivity index (χ4n) is 3.86. The van der Waals surface area contributed by atoms with E-state index < -0.39 is 12.6 Å². The second kappa shape index (κ2) is 9.48. The van der Waals surface area contributed by atoms with Crippen molar-refractivity contribution >= 4 is 28.7 Å². The van der Waals surface area contributed by atoms with Gasteiger partial charge in [0, 0.05) is 40.6 Å². The third-order valence-corrected chi connectivity index (χ3v) is 5.52. The topological polar surface area (TPSA) is 87.9 Å². The first kappa shape index (κ1) is 22.1. The van der Waals surface area contributed by atoms with E-state index in [0.29, 0.717) is 5.56 Å². The number of ketones is 1. The van der Waals surface area contributed by atoms with Crippen LogP contribution in [0.4, 0.5) is 0 Å². The van der Waals surface area contributed by atoms with Crippen LogP contribution in [0.15, 0.2) is 36.0 Å². The normalized spacial score (nSPS) is 11.5. The van der Waals surface area contributed by atoms with Gasteiger partial charge < -0.3 is 14.3 Å². The van der Waals surface area contributed by atoms with Gasteiger partial charge in [0.05, 0.1) is 0 Å². The second-order valence-corrected chi connectivity index (χ2v) is 7.54. The molecule has 0 saturated heterocycles. The summed E-state index contributed by atoms with van der Waals surface area (Å²) in [7, 11) is 0. The third kappa shape index (κ3) is 4.46. The Balaban J connectivity index is 1.75. The number of aryl methyl sites for hydroxylation is 2. The fraction of sp³-hybridized carbons (Fsp3) is 0.320. The Hall–Kier alpha value is -3.59. The van der Waals surface area contributed by atoms with Crippen LogP contribution in [0.1, 0.15) is 53.1 Å².